The molecule has 0 saturated carbocycles. The quantitative estimate of drug-likeness (QED) is 0.727. The summed E-state index contributed by atoms with van der Waals surface area (Å²) in [7, 11) is 0. The van der Waals surface area contributed by atoms with Crippen molar-refractivity contribution >= 4 is 17.7 Å². The van der Waals surface area contributed by atoms with Gasteiger partial charge in [-0.1, -0.05) is 37.8 Å². The Labute approximate surface area is 88.8 Å². The van der Waals surface area contributed by atoms with Crippen molar-refractivity contribution in [2.45, 2.75) is 25.1 Å². The number of rotatable bonds is 2. The predicted molar refractivity (Wildman–Crippen MR) is 60.7 cm³/mol. The molecule has 1 rings (SSSR count). The fraction of sp³-hybridized carbons (Fsp3) is 0.500. The van der Waals surface area contributed by atoms with Gasteiger partial charge in [-0.2, -0.15) is 0 Å². The summed E-state index contributed by atoms with van der Waals surface area (Å²) in [6, 6.07) is 0. The summed E-state index contributed by atoms with van der Waals surface area (Å²) < 4.78 is 0. The Morgan fingerprint density at radius 2 is 2.50 bits per heavy atom. The van der Waals surface area contributed by atoms with Gasteiger partial charge in [-0.25, -0.2) is 0 Å². The van der Waals surface area contributed by atoms with Crippen LogP contribution in [0, 0.1) is 0 Å². The lowest BCUT2D eigenvalue weighted by Gasteiger charge is -2.07. The van der Waals surface area contributed by atoms with Crippen LogP contribution in [0.4, 0.5) is 0 Å². The van der Waals surface area contributed by atoms with Crippen LogP contribution in [0.3, 0.4) is 0 Å². The Balaban J connectivity index is 2.73. The summed E-state index contributed by atoms with van der Waals surface area (Å²) in [5, 5.41) is 2.22. The zero-order valence-electron chi connectivity index (χ0n) is 8.38. The van der Waals surface area contributed by atoms with Crippen LogP contribution in [0.1, 0.15) is 19.8 Å². The van der Waals surface area contributed by atoms with E-state index in [4.69, 9.17) is 5.73 Å². The maximum absolute atomic E-state index is 11.3. The van der Waals surface area contributed by atoms with Gasteiger partial charge in [0.05, 0.1) is 0 Å². The second-order valence-electron chi connectivity index (χ2n) is 3.22. The van der Waals surface area contributed by atoms with E-state index in [1.165, 1.54) is 11.8 Å². The average molecular weight is 212 g/mol. The molecule has 0 bridgehead atoms. The van der Waals surface area contributed by atoms with E-state index in [9.17, 15) is 4.79 Å². The molecule has 3 N–H and O–H groups in total. The molecule has 0 aromatic rings. The lowest BCUT2D eigenvalue weighted by atomic mass is 10.2. The third kappa shape index (κ3) is 2.89. The van der Waals surface area contributed by atoms with Gasteiger partial charge >= 0.3 is 0 Å². The van der Waals surface area contributed by atoms with Crippen molar-refractivity contribution in [2.75, 3.05) is 6.54 Å². The maximum Gasteiger partial charge on any atom is 0.247 e. The second-order valence-corrected chi connectivity index (χ2v) is 4.40. The number of hydrogen-bond donors (Lipinski definition) is 2. The van der Waals surface area contributed by atoms with Crippen LogP contribution in [-0.2, 0) is 4.79 Å². The first-order valence-corrected chi connectivity index (χ1v) is 5.61. The number of hydrogen-bond acceptors (Lipinski definition) is 3. The fourth-order valence-electron chi connectivity index (χ4n) is 1.12. The minimum atomic E-state index is -0.502. The number of amides is 1. The summed E-state index contributed by atoms with van der Waals surface area (Å²) >= 11 is 1.39. The smallest absolute Gasteiger partial charge is 0.247 e. The van der Waals surface area contributed by atoms with Crippen molar-refractivity contribution < 1.29 is 4.79 Å². The largest absolute Gasteiger partial charge is 0.350 e. The molecule has 0 aliphatic carbocycles. The number of unbranched alkanes of at least 4 members (excludes halogenated alkanes) is 1. The van der Waals surface area contributed by atoms with Gasteiger partial charge in [-0.3, -0.25) is 4.79 Å². The number of allylic oxidation sites excluding steroid dienone is 1. The Morgan fingerprint density at radius 1 is 1.79 bits per heavy atom. The highest BCUT2D eigenvalue weighted by Crippen LogP contribution is 2.28. The standard InChI is InChI=1S/C10H16N2OS/c1-3-4-5-8-7(2)6-12-10(13)9(11)14-8/h5,9H,2-4,6,11H2,1H3,(H,12,13)/b8-5+. The zero-order chi connectivity index (χ0) is 10.6. The number of carbonyl (C=O) groups excluding carboxylic acids is 1. The van der Waals surface area contributed by atoms with E-state index < -0.39 is 5.37 Å². The Hall–Kier alpha value is -0.740. The third-order valence-corrected chi connectivity index (χ3v) is 3.13. The molecule has 1 amide bonds. The zero-order valence-corrected chi connectivity index (χ0v) is 9.19. The lowest BCUT2D eigenvalue weighted by Crippen LogP contribution is -2.36. The minimum Gasteiger partial charge on any atom is -0.350 e. The molecule has 78 valence electrons. The van der Waals surface area contributed by atoms with Crippen molar-refractivity contribution in [3.8, 4) is 0 Å². The van der Waals surface area contributed by atoms with Gasteiger partial charge < -0.3 is 11.1 Å². The number of nitrogens with one attached hydrogen (secondary N) is 1. The number of carbonyl (C=O) groups is 1. The maximum atomic E-state index is 11.3. The van der Waals surface area contributed by atoms with E-state index in [-0.39, 0.29) is 5.91 Å². The van der Waals surface area contributed by atoms with Crippen molar-refractivity contribution in [3.05, 3.63) is 23.1 Å². The Bertz CT molecular complexity index is 273. The molecule has 14 heavy (non-hydrogen) atoms. The Morgan fingerprint density at radius 3 is 3.14 bits per heavy atom. The van der Waals surface area contributed by atoms with Crippen LogP contribution < -0.4 is 11.1 Å². The molecule has 3 nitrogen and oxygen atoms in total. The molecular weight excluding hydrogens is 196 g/mol. The fourth-order valence-corrected chi connectivity index (χ4v) is 2.04. The van der Waals surface area contributed by atoms with Gasteiger partial charge in [-0.15, -0.1) is 0 Å². The summed E-state index contributed by atoms with van der Waals surface area (Å²) in [4.78, 5) is 12.3. The highest BCUT2D eigenvalue weighted by atomic mass is 32.2. The molecule has 0 aromatic carbocycles. The third-order valence-electron chi connectivity index (χ3n) is 1.96. The van der Waals surface area contributed by atoms with Gasteiger partial charge in [0, 0.05) is 11.4 Å². The van der Waals surface area contributed by atoms with E-state index in [1.807, 2.05) is 0 Å². The summed E-state index contributed by atoms with van der Waals surface area (Å²) in [6.45, 7) is 6.54. The van der Waals surface area contributed by atoms with Gasteiger partial charge in [0.25, 0.3) is 0 Å². The first-order chi connectivity index (χ1) is 6.65. The number of thioether (sulfide) groups is 1. The summed E-state index contributed by atoms with van der Waals surface area (Å²) in [5.74, 6) is -0.115. The van der Waals surface area contributed by atoms with Gasteiger partial charge in [0.15, 0.2) is 0 Å². The topological polar surface area (TPSA) is 55.1 Å². The SMILES string of the molecule is C=C1CNC(=O)C(N)S/C1=C/CCC. The van der Waals surface area contributed by atoms with Gasteiger partial charge in [0.2, 0.25) is 5.91 Å². The average Bonchev–Trinajstić information content (AvgIpc) is 2.29. The lowest BCUT2D eigenvalue weighted by molar-refractivity contribution is -0.120. The highest BCUT2D eigenvalue weighted by Gasteiger charge is 2.21. The molecular formula is C10H16N2OS. The molecule has 0 aromatic heterocycles. The normalized spacial score (nSPS) is 26.1. The summed E-state index contributed by atoms with van der Waals surface area (Å²) in [5.41, 5.74) is 6.62. The minimum absolute atomic E-state index is 0.115. The molecule has 1 aliphatic heterocycles. The van der Waals surface area contributed by atoms with Crippen molar-refractivity contribution in [2.24, 2.45) is 5.73 Å². The second kappa shape index (κ2) is 5.22. The first-order valence-electron chi connectivity index (χ1n) is 4.73. The van der Waals surface area contributed by atoms with Crippen LogP contribution in [0.25, 0.3) is 0 Å². The van der Waals surface area contributed by atoms with Crippen molar-refractivity contribution in [3.63, 3.8) is 0 Å². The Kier molecular flexibility index (Phi) is 4.22. The van der Waals surface area contributed by atoms with Gasteiger partial charge in [-0.05, 0) is 12.0 Å². The first kappa shape index (κ1) is 11.3. The molecule has 0 spiro atoms. The molecule has 0 radical (unpaired) electrons. The van der Waals surface area contributed by atoms with E-state index in [2.05, 4.69) is 24.9 Å². The monoisotopic (exact) mass is 212 g/mol. The van der Waals surface area contributed by atoms with Crippen molar-refractivity contribution in [1.82, 2.24) is 5.32 Å². The van der Waals surface area contributed by atoms with Crippen LogP contribution in [-0.4, -0.2) is 17.8 Å². The predicted octanol–water partition coefficient (Wildman–Crippen LogP) is 1.37. The van der Waals surface area contributed by atoms with Crippen LogP contribution in [0.5, 0.6) is 0 Å². The molecule has 1 heterocycles. The van der Waals surface area contributed by atoms with Crippen LogP contribution in [0.2, 0.25) is 0 Å². The summed E-state index contributed by atoms with van der Waals surface area (Å²) in [6.07, 6.45) is 4.20. The molecule has 1 atom stereocenters. The number of nitrogens with two attached hydrogens (primary N) is 1. The van der Waals surface area contributed by atoms with E-state index in [0.717, 1.165) is 23.3 Å². The highest BCUT2D eigenvalue weighted by molar-refractivity contribution is 8.04. The van der Waals surface area contributed by atoms with Gasteiger partial charge in [0.1, 0.15) is 5.37 Å². The molecule has 1 fully saturated rings. The molecule has 1 unspecified atom stereocenters. The van der Waals surface area contributed by atoms with E-state index in [0.29, 0.717) is 6.54 Å². The molecule has 1 saturated heterocycles. The van der Waals surface area contributed by atoms with Crippen LogP contribution in [0.15, 0.2) is 23.1 Å². The van der Waals surface area contributed by atoms with E-state index >= 15 is 0 Å². The van der Waals surface area contributed by atoms with Crippen LogP contribution >= 0.6 is 11.8 Å². The molecule has 4 heteroatoms. The molecule has 1 aliphatic rings. The van der Waals surface area contributed by atoms with Crippen molar-refractivity contribution in [1.29, 1.82) is 0 Å². The van der Waals surface area contributed by atoms with E-state index in [1.54, 1.807) is 0 Å².